The number of hydrogen-bond donors (Lipinski definition) is 2. The highest BCUT2D eigenvalue weighted by molar-refractivity contribution is 6.01. The van der Waals surface area contributed by atoms with Crippen molar-refractivity contribution >= 4 is 23.4 Å². The highest BCUT2D eigenvalue weighted by Crippen LogP contribution is 2.08. The third-order valence-corrected chi connectivity index (χ3v) is 2.40. The fourth-order valence-electron chi connectivity index (χ4n) is 1.48. The van der Waals surface area contributed by atoms with Gasteiger partial charge in [0.1, 0.15) is 0 Å². The number of carbonyl (C=O) groups is 1. The molecule has 0 atom stereocenters. The number of para-hydroxylation sites is 1. The molecule has 0 spiro atoms. The van der Waals surface area contributed by atoms with Crippen LogP contribution >= 0.6 is 0 Å². The summed E-state index contributed by atoms with van der Waals surface area (Å²) in [6.07, 6.45) is 3.25. The molecule has 0 aromatic heterocycles. The minimum atomic E-state index is -0.155. The molecule has 0 fully saturated rings. The van der Waals surface area contributed by atoms with E-state index in [1.54, 1.807) is 18.2 Å². The van der Waals surface area contributed by atoms with Gasteiger partial charge < -0.3 is 11.1 Å². The van der Waals surface area contributed by atoms with Crippen LogP contribution in [0.5, 0.6) is 0 Å². The molecule has 0 aliphatic rings. The predicted molar refractivity (Wildman–Crippen MR) is 75.0 cm³/mol. The minimum absolute atomic E-state index is 0.155. The fraction of sp³-hybridized carbons (Fsp3) is 0. The van der Waals surface area contributed by atoms with Gasteiger partial charge in [0.05, 0.1) is 0 Å². The number of nitrogens with one attached hydrogen (secondary N) is 1. The third-order valence-electron chi connectivity index (χ3n) is 2.40. The summed E-state index contributed by atoms with van der Waals surface area (Å²) in [6, 6.07) is 16.7. The normalized spacial score (nSPS) is 10.4. The Labute approximate surface area is 106 Å². The van der Waals surface area contributed by atoms with Crippen LogP contribution in [0.15, 0.2) is 60.7 Å². The number of benzene rings is 2. The third kappa shape index (κ3) is 3.49. The van der Waals surface area contributed by atoms with Crippen molar-refractivity contribution < 1.29 is 4.79 Å². The lowest BCUT2D eigenvalue weighted by Gasteiger charge is -2.00. The molecule has 0 aliphatic carbocycles. The molecule has 3 nitrogen and oxygen atoms in total. The first-order valence-electron chi connectivity index (χ1n) is 5.64. The molecule has 0 aliphatic heterocycles. The van der Waals surface area contributed by atoms with Gasteiger partial charge in [-0.15, -0.1) is 0 Å². The van der Waals surface area contributed by atoms with Crippen LogP contribution in [0.2, 0.25) is 0 Å². The highest BCUT2D eigenvalue weighted by Gasteiger charge is 1.96. The molecule has 0 radical (unpaired) electrons. The Morgan fingerprint density at radius 3 is 2.33 bits per heavy atom. The lowest BCUT2D eigenvalue weighted by Crippen LogP contribution is -2.07. The van der Waals surface area contributed by atoms with Crippen molar-refractivity contribution in [2.75, 3.05) is 11.1 Å². The molecule has 18 heavy (non-hydrogen) atoms. The topological polar surface area (TPSA) is 55.1 Å². The Kier molecular flexibility index (Phi) is 3.76. The van der Waals surface area contributed by atoms with E-state index in [2.05, 4.69) is 5.32 Å². The van der Waals surface area contributed by atoms with Gasteiger partial charge in [0.25, 0.3) is 0 Å². The zero-order chi connectivity index (χ0) is 12.8. The van der Waals surface area contributed by atoms with E-state index < -0.39 is 0 Å². The van der Waals surface area contributed by atoms with Crippen LogP contribution in [0, 0.1) is 0 Å². The second-order valence-electron chi connectivity index (χ2n) is 3.86. The van der Waals surface area contributed by atoms with Gasteiger partial charge in [0, 0.05) is 17.5 Å². The number of amides is 1. The first-order chi connectivity index (χ1) is 8.74. The zero-order valence-corrected chi connectivity index (χ0v) is 9.84. The number of carbonyl (C=O) groups excluding carboxylic acids is 1. The average Bonchev–Trinajstić information content (AvgIpc) is 2.39. The monoisotopic (exact) mass is 238 g/mol. The summed E-state index contributed by atoms with van der Waals surface area (Å²) >= 11 is 0. The van der Waals surface area contributed by atoms with Gasteiger partial charge in [-0.1, -0.05) is 30.3 Å². The predicted octanol–water partition coefficient (Wildman–Crippen LogP) is 2.92. The maximum absolute atomic E-state index is 11.6. The molecule has 0 unspecified atom stereocenters. The van der Waals surface area contributed by atoms with Crippen LogP contribution in [0.25, 0.3) is 6.08 Å². The molecule has 3 heteroatoms. The van der Waals surface area contributed by atoms with Gasteiger partial charge in [-0.2, -0.15) is 0 Å². The first-order valence-corrected chi connectivity index (χ1v) is 5.64. The fourth-order valence-corrected chi connectivity index (χ4v) is 1.48. The Bertz CT molecular complexity index is 544. The molecule has 0 saturated heterocycles. The van der Waals surface area contributed by atoms with E-state index in [-0.39, 0.29) is 5.91 Å². The smallest absolute Gasteiger partial charge is 0.248 e. The standard InChI is InChI=1S/C15H14N2O/c16-13-9-6-12(7-10-13)8-11-15(18)17-14-4-2-1-3-5-14/h1-11H,16H2,(H,17,18). The molecule has 2 rings (SSSR count). The van der Waals surface area contributed by atoms with E-state index in [0.717, 1.165) is 11.3 Å². The van der Waals surface area contributed by atoms with E-state index >= 15 is 0 Å². The number of anilines is 2. The van der Waals surface area contributed by atoms with Crippen molar-refractivity contribution in [2.45, 2.75) is 0 Å². The highest BCUT2D eigenvalue weighted by atomic mass is 16.1. The van der Waals surface area contributed by atoms with E-state index in [4.69, 9.17) is 5.73 Å². The van der Waals surface area contributed by atoms with Gasteiger partial charge in [-0.3, -0.25) is 4.79 Å². The Morgan fingerprint density at radius 1 is 1.00 bits per heavy atom. The van der Waals surface area contributed by atoms with E-state index in [9.17, 15) is 4.79 Å². The maximum Gasteiger partial charge on any atom is 0.248 e. The Balaban J connectivity index is 1.97. The van der Waals surface area contributed by atoms with Gasteiger partial charge in [-0.25, -0.2) is 0 Å². The van der Waals surface area contributed by atoms with Crippen LogP contribution in [0.3, 0.4) is 0 Å². The summed E-state index contributed by atoms with van der Waals surface area (Å²) in [5.41, 5.74) is 8.01. The van der Waals surface area contributed by atoms with Crippen LogP contribution in [-0.4, -0.2) is 5.91 Å². The lowest BCUT2D eigenvalue weighted by atomic mass is 10.2. The summed E-state index contributed by atoms with van der Waals surface area (Å²) in [6.45, 7) is 0. The SMILES string of the molecule is Nc1ccc(C=CC(=O)Nc2ccccc2)cc1. The second kappa shape index (κ2) is 5.68. The van der Waals surface area contributed by atoms with Gasteiger partial charge >= 0.3 is 0 Å². The molecule has 90 valence electrons. The Morgan fingerprint density at radius 2 is 1.67 bits per heavy atom. The zero-order valence-electron chi connectivity index (χ0n) is 9.84. The lowest BCUT2D eigenvalue weighted by molar-refractivity contribution is -0.111. The van der Waals surface area contributed by atoms with Crippen molar-refractivity contribution in [2.24, 2.45) is 0 Å². The van der Waals surface area contributed by atoms with Gasteiger partial charge in [0.2, 0.25) is 5.91 Å². The molecule has 0 saturated carbocycles. The summed E-state index contributed by atoms with van der Waals surface area (Å²) < 4.78 is 0. The summed E-state index contributed by atoms with van der Waals surface area (Å²) in [4.78, 5) is 11.6. The van der Waals surface area contributed by atoms with Crippen LogP contribution in [-0.2, 0) is 4.79 Å². The molecular formula is C15H14N2O. The van der Waals surface area contributed by atoms with E-state index in [1.165, 1.54) is 6.08 Å². The van der Waals surface area contributed by atoms with Crippen LogP contribution < -0.4 is 11.1 Å². The van der Waals surface area contributed by atoms with Crippen molar-refractivity contribution in [1.82, 2.24) is 0 Å². The average molecular weight is 238 g/mol. The van der Waals surface area contributed by atoms with Crippen molar-refractivity contribution in [3.8, 4) is 0 Å². The molecule has 3 N–H and O–H groups in total. The number of nitrogens with two attached hydrogens (primary N) is 1. The molecular weight excluding hydrogens is 224 g/mol. The number of hydrogen-bond acceptors (Lipinski definition) is 2. The summed E-state index contributed by atoms with van der Waals surface area (Å²) in [5, 5.41) is 2.77. The van der Waals surface area contributed by atoms with E-state index in [0.29, 0.717) is 5.69 Å². The molecule has 0 bridgehead atoms. The minimum Gasteiger partial charge on any atom is -0.399 e. The van der Waals surface area contributed by atoms with Crippen LogP contribution in [0.1, 0.15) is 5.56 Å². The summed E-state index contributed by atoms with van der Waals surface area (Å²) in [7, 11) is 0. The van der Waals surface area contributed by atoms with Crippen molar-refractivity contribution in [1.29, 1.82) is 0 Å². The largest absolute Gasteiger partial charge is 0.399 e. The molecule has 2 aromatic rings. The number of nitrogen functional groups attached to an aromatic ring is 1. The van der Waals surface area contributed by atoms with Gasteiger partial charge in [-0.05, 0) is 35.9 Å². The second-order valence-corrected chi connectivity index (χ2v) is 3.86. The molecule has 0 heterocycles. The van der Waals surface area contributed by atoms with Crippen molar-refractivity contribution in [3.63, 3.8) is 0 Å². The maximum atomic E-state index is 11.6. The van der Waals surface area contributed by atoms with E-state index in [1.807, 2.05) is 42.5 Å². The quantitative estimate of drug-likeness (QED) is 0.638. The molecule has 1 amide bonds. The van der Waals surface area contributed by atoms with Gasteiger partial charge in [0.15, 0.2) is 0 Å². The molecule has 2 aromatic carbocycles. The number of rotatable bonds is 3. The summed E-state index contributed by atoms with van der Waals surface area (Å²) in [5.74, 6) is -0.155. The first kappa shape index (κ1) is 11.9. The van der Waals surface area contributed by atoms with Crippen molar-refractivity contribution in [3.05, 3.63) is 66.2 Å². The van der Waals surface area contributed by atoms with Crippen LogP contribution in [0.4, 0.5) is 11.4 Å². The Hall–Kier alpha value is -2.55.